The molecule has 1 heterocycles. The summed E-state index contributed by atoms with van der Waals surface area (Å²) in [6.45, 7) is 2.91. The Morgan fingerprint density at radius 3 is 2.28 bits per heavy atom. The van der Waals surface area contributed by atoms with Crippen LogP contribution in [-0.4, -0.2) is 22.4 Å². The molecule has 0 spiro atoms. The minimum atomic E-state index is 0.119. The lowest BCUT2D eigenvalue weighted by Gasteiger charge is -2.11. The molecule has 0 bridgehead atoms. The van der Waals surface area contributed by atoms with Crippen LogP contribution >= 0.6 is 0 Å². The van der Waals surface area contributed by atoms with Gasteiger partial charge >= 0.3 is 0 Å². The minimum Gasteiger partial charge on any atom is -0.493 e. The van der Waals surface area contributed by atoms with E-state index in [4.69, 9.17) is 4.74 Å². The molecule has 3 rings (SSSR count). The highest BCUT2D eigenvalue weighted by molar-refractivity contribution is 5.97. The molecule has 0 radical (unpaired) electrons. The second-order valence-electron chi connectivity index (χ2n) is 9.90. The maximum atomic E-state index is 12.2. The lowest BCUT2D eigenvalue weighted by molar-refractivity contribution is 0.0981. The first-order chi connectivity index (χ1) is 17.7. The van der Waals surface area contributed by atoms with Gasteiger partial charge in [-0.15, -0.1) is 0 Å². The van der Waals surface area contributed by atoms with E-state index in [9.17, 15) is 10.1 Å². The molecular formula is C30H42N4O2. The molecule has 36 heavy (non-hydrogen) atoms. The lowest BCUT2D eigenvalue weighted by atomic mass is 10.1. The molecule has 0 saturated heterocycles. The second-order valence-corrected chi connectivity index (χ2v) is 9.90. The number of aromatic nitrogens is 2. The normalized spacial score (nSPS) is 13.1. The van der Waals surface area contributed by atoms with Crippen molar-refractivity contribution < 1.29 is 9.53 Å². The molecule has 6 heteroatoms. The molecule has 1 N–H and O–H groups in total. The molecule has 0 saturated carbocycles. The average Bonchev–Trinajstić information content (AvgIpc) is 3.07. The molecule has 1 aliphatic rings. The van der Waals surface area contributed by atoms with Crippen molar-refractivity contribution in [2.45, 2.75) is 110 Å². The fourth-order valence-electron chi connectivity index (χ4n) is 4.69. The summed E-state index contributed by atoms with van der Waals surface area (Å²) < 4.78 is 5.96. The monoisotopic (exact) mass is 490 g/mol. The van der Waals surface area contributed by atoms with E-state index in [-0.39, 0.29) is 5.78 Å². The number of nitriles is 1. The highest BCUT2D eigenvalue weighted by Crippen LogP contribution is 2.25. The number of anilines is 2. The Hall–Kier alpha value is -2.94. The zero-order chi connectivity index (χ0) is 25.4. The average molecular weight is 491 g/mol. The van der Waals surface area contributed by atoms with Gasteiger partial charge in [0, 0.05) is 24.4 Å². The van der Waals surface area contributed by atoms with Crippen LogP contribution in [0.1, 0.15) is 125 Å². The predicted octanol–water partition coefficient (Wildman–Crippen LogP) is 8.08. The van der Waals surface area contributed by atoms with Crippen LogP contribution in [0.25, 0.3) is 0 Å². The van der Waals surface area contributed by atoms with E-state index in [2.05, 4.69) is 28.3 Å². The number of unbranched alkanes of at least 4 members (excludes halogenated alkanes) is 11. The molecule has 0 fully saturated rings. The van der Waals surface area contributed by atoms with Crippen molar-refractivity contribution in [1.82, 2.24) is 9.97 Å². The molecule has 0 atom stereocenters. The number of aryl methyl sites for hydroxylation is 1. The summed E-state index contributed by atoms with van der Waals surface area (Å²) in [6.07, 6.45) is 20.5. The van der Waals surface area contributed by atoms with Gasteiger partial charge in [0.2, 0.25) is 5.95 Å². The number of ketones is 1. The Bertz CT molecular complexity index is 999. The third-order valence-corrected chi connectivity index (χ3v) is 6.79. The number of Topliss-reactive ketones (excluding diaryl/α,β-unsaturated/α-hetero) is 1. The number of nitrogens with zero attached hydrogens (tertiary/aromatic N) is 3. The maximum Gasteiger partial charge on any atom is 0.227 e. The number of fused-ring (bicyclic) bond motifs is 1. The maximum absolute atomic E-state index is 12.2. The first kappa shape index (κ1) is 27.6. The van der Waals surface area contributed by atoms with E-state index in [1.165, 1.54) is 70.6 Å². The van der Waals surface area contributed by atoms with Crippen LogP contribution in [0.15, 0.2) is 24.4 Å². The number of ether oxygens (including phenoxy) is 1. The zero-order valence-corrected chi connectivity index (χ0v) is 22.0. The van der Waals surface area contributed by atoms with E-state index in [1.54, 1.807) is 18.3 Å². The van der Waals surface area contributed by atoms with Crippen molar-refractivity contribution in [1.29, 1.82) is 5.26 Å². The summed E-state index contributed by atoms with van der Waals surface area (Å²) >= 11 is 0. The molecular weight excluding hydrogens is 448 g/mol. The Morgan fingerprint density at radius 2 is 1.58 bits per heavy atom. The molecule has 0 aliphatic heterocycles. The zero-order valence-electron chi connectivity index (χ0n) is 22.0. The Labute approximate surface area is 216 Å². The fourth-order valence-corrected chi connectivity index (χ4v) is 4.69. The van der Waals surface area contributed by atoms with Crippen LogP contribution in [0.5, 0.6) is 5.75 Å². The van der Waals surface area contributed by atoms with E-state index in [0.29, 0.717) is 41.5 Å². The van der Waals surface area contributed by atoms with Gasteiger partial charge in [-0.1, -0.05) is 77.6 Å². The van der Waals surface area contributed by atoms with Gasteiger partial charge in [-0.2, -0.15) is 5.26 Å². The van der Waals surface area contributed by atoms with Gasteiger partial charge in [-0.3, -0.25) is 4.79 Å². The highest BCUT2D eigenvalue weighted by Gasteiger charge is 2.18. The van der Waals surface area contributed by atoms with E-state index in [1.807, 2.05) is 6.07 Å². The van der Waals surface area contributed by atoms with Crippen LogP contribution in [0.3, 0.4) is 0 Å². The SMILES string of the molecule is CCCCCCCCCCCCCCOc1cc(C#N)cc(Nc2ncc3c(n2)CCCCC3=O)c1. The first-order valence-corrected chi connectivity index (χ1v) is 14.0. The van der Waals surface area contributed by atoms with Crippen molar-refractivity contribution >= 4 is 17.4 Å². The van der Waals surface area contributed by atoms with Crippen LogP contribution in [0.4, 0.5) is 11.6 Å². The number of benzene rings is 1. The van der Waals surface area contributed by atoms with Crippen LogP contribution in [0, 0.1) is 11.3 Å². The summed E-state index contributed by atoms with van der Waals surface area (Å²) in [5.74, 6) is 1.23. The molecule has 1 aromatic carbocycles. The Morgan fingerprint density at radius 1 is 0.917 bits per heavy atom. The summed E-state index contributed by atoms with van der Waals surface area (Å²) in [6, 6.07) is 7.60. The topological polar surface area (TPSA) is 87.9 Å². The number of carbonyl (C=O) groups excluding carboxylic acids is 1. The number of hydrogen-bond donors (Lipinski definition) is 1. The lowest BCUT2D eigenvalue weighted by Crippen LogP contribution is -2.07. The van der Waals surface area contributed by atoms with Gasteiger partial charge in [-0.25, -0.2) is 9.97 Å². The molecule has 0 amide bonds. The third-order valence-electron chi connectivity index (χ3n) is 6.79. The Kier molecular flexibility index (Phi) is 12.2. The van der Waals surface area contributed by atoms with Crippen molar-refractivity contribution in [3.63, 3.8) is 0 Å². The van der Waals surface area contributed by atoms with Crippen molar-refractivity contribution in [3.05, 3.63) is 41.2 Å². The summed E-state index contributed by atoms with van der Waals surface area (Å²) in [5.41, 5.74) is 2.67. The standard InChI is InChI=1S/C30H42N4O2/c1-2-3-4-5-6-7-8-9-10-11-12-15-18-36-26-20-24(22-31)19-25(21-26)33-30-32-23-27-28(34-30)16-13-14-17-29(27)35/h19-21,23H,2-18H2,1H3,(H,32,33,34). The summed E-state index contributed by atoms with van der Waals surface area (Å²) in [4.78, 5) is 21.1. The first-order valence-electron chi connectivity index (χ1n) is 14.0. The van der Waals surface area contributed by atoms with Gasteiger partial charge in [0.25, 0.3) is 0 Å². The quantitative estimate of drug-likeness (QED) is 0.189. The minimum absolute atomic E-state index is 0.119. The fraction of sp³-hybridized carbons (Fsp3) is 0.600. The van der Waals surface area contributed by atoms with Gasteiger partial charge in [0.15, 0.2) is 5.78 Å². The summed E-state index contributed by atoms with van der Waals surface area (Å²) in [5, 5.41) is 12.6. The van der Waals surface area contributed by atoms with Crippen molar-refractivity contribution in [3.8, 4) is 11.8 Å². The van der Waals surface area contributed by atoms with E-state index < -0.39 is 0 Å². The number of carbonyl (C=O) groups is 1. The molecule has 1 aliphatic carbocycles. The van der Waals surface area contributed by atoms with Gasteiger partial charge < -0.3 is 10.1 Å². The molecule has 0 unspecified atom stereocenters. The Balaban J connectivity index is 1.39. The third kappa shape index (κ3) is 9.60. The molecule has 6 nitrogen and oxygen atoms in total. The van der Waals surface area contributed by atoms with E-state index in [0.717, 1.165) is 31.4 Å². The number of rotatable bonds is 16. The van der Waals surface area contributed by atoms with Crippen molar-refractivity contribution in [2.75, 3.05) is 11.9 Å². The van der Waals surface area contributed by atoms with E-state index >= 15 is 0 Å². The molecule has 194 valence electrons. The van der Waals surface area contributed by atoms with Crippen LogP contribution in [0.2, 0.25) is 0 Å². The number of nitrogens with one attached hydrogen (secondary N) is 1. The molecule has 2 aromatic rings. The largest absolute Gasteiger partial charge is 0.493 e. The van der Waals surface area contributed by atoms with Crippen molar-refractivity contribution in [2.24, 2.45) is 0 Å². The van der Waals surface area contributed by atoms with Gasteiger partial charge in [-0.05, 0) is 37.8 Å². The summed E-state index contributed by atoms with van der Waals surface area (Å²) in [7, 11) is 0. The van der Waals surface area contributed by atoms with Gasteiger partial charge in [0.05, 0.1) is 29.5 Å². The van der Waals surface area contributed by atoms with Crippen LogP contribution < -0.4 is 10.1 Å². The van der Waals surface area contributed by atoms with Crippen LogP contribution in [-0.2, 0) is 6.42 Å². The highest BCUT2D eigenvalue weighted by atomic mass is 16.5. The predicted molar refractivity (Wildman–Crippen MR) is 145 cm³/mol. The van der Waals surface area contributed by atoms with Gasteiger partial charge in [0.1, 0.15) is 5.75 Å². The smallest absolute Gasteiger partial charge is 0.227 e. The molecule has 1 aromatic heterocycles. The second kappa shape index (κ2) is 15.9. The number of hydrogen-bond acceptors (Lipinski definition) is 6.